The Hall–Kier alpha value is -2.01. The van der Waals surface area contributed by atoms with Crippen molar-refractivity contribution in [3.8, 4) is 11.5 Å². The maximum Gasteiger partial charge on any atom is 0.262 e. The number of anilines is 1. The van der Waals surface area contributed by atoms with Gasteiger partial charge in [0, 0.05) is 4.47 Å². The Bertz CT molecular complexity index is 677. The van der Waals surface area contributed by atoms with Crippen LogP contribution in [0.15, 0.2) is 40.9 Å². The molecule has 0 aromatic heterocycles. The van der Waals surface area contributed by atoms with Gasteiger partial charge in [-0.2, -0.15) is 0 Å². The molecule has 0 fully saturated rings. The van der Waals surface area contributed by atoms with Crippen LogP contribution in [0.2, 0.25) is 0 Å². The van der Waals surface area contributed by atoms with E-state index >= 15 is 0 Å². The van der Waals surface area contributed by atoms with Gasteiger partial charge in [-0.3, -0.25) is 4.79 Å². The third-order valence-corrected chi connectivity index (χ3v) is 4.49. The third kappa shape index (κ3) is 4.73. The molecule has 2 aromatic carbocycles. The Morgan fingerprint density at radius 3 is 2.43 bits per heavy atom. The molecule has 0 atom stereocenters. The van der Waals surface area contributed by atoms with Gasteiger partial charge >= 0.3 is 0 Å². The van der Waals surface area contributed by atoms with Crippen LogP contribution >= 0.6 is 15.9 Å². The lowest BCUT2D eigenvalue weighted by molar-refractivity contribution is -0.118. The highest BCUT2D eigenvalue weighted by molar-refractivity contribution is 9.10. The maximum absolute atomic E-state index is 12.1. The first-order chi connectivity index (χ1) is 11.0. The maximum atomic E-state index is 12.1. The third-order valence-electron chi connectivity index (χ3n) is 3.24. The first kappa shape index (κ1) is 17.3. The molecule has 1 amide bonds. The molecular formula is C18H20BrNO3. The van der Waals surface area contributed by atoms with Gasteiger partial charge in [0.15, 0.2) is 6.61 Å². The summed E-state index contributed by atoms with van der Waals surface area (Å²) in [5.74, 6) is 1.10. The Morgan fingerprint density at radius 2 is 1.78 bits per heavy atom. The van der Waals surface area contributed by atoms with Crippen molar-refractivity contribution in [1.82, 2.24) is 0 Å². The van der Waals surface area contributed by atoms with Crippen LogP contribution in [0.3, 0.4) is 0 Å². The quantitative estimate of drug-likeness (QED) is 0.806. The molecule has 0 radical (unpaired) electrons. The number of hydrogen-bond donors (Lipinski definition) is 1. The van der Waals surface area contributed by atoms with E-state index in [1.54, 1.807) is 6.07 Å². The van der Waals surface area contributed by atoms with Crippen LogP contribution in [0.4, 0.5) is 5.69 Å². The van der Waals surface area contributed by atoms with Crippen molar-refractivity contribution in [3.05, 3.63) is 52.0 Å². The van der Waals surface area contributed by atoms with Crippen LogP contribution < -0.4 is 14.8 Å². The lowest BCUT2D eigenvalue weighted by Crippen LogP contribution is -2.20. The summed E-state index contributed by atoms with van der Waals surface area (Å²) in [5.41, 5.74) is 2.79. The lowest BCUT2D eigenvalue weighted by atomic mass is 10.1. The number of nitrogens with one attached hydrogen (secondary N) is 1. The number of carbonyl (C=O) groups excluding carboxylic acids is 1. The molecule has 4 nitrogen and oxygen atoms in total. The zero-order valence-electron chi connectivity index (χ0n) is 13.5. The second-order valence-corrected chi connectivity index (χ2v) is 5.93. The van der Waals surface area contributed by atoms with E-state index in [0.29, 0.717) is 23.8 Å². The van der Waals surface area contributed by atoms with E-state index in [1.165, 1.54) is 0 Å². The predicted molar refractivity (Wildman–Crippen MR) is 95.4 cm³/mol. The molecule has 0 aliphatic heterocycles. The van der Waals surface area contributed by atoms with Gasteiger partial charge in [-0.1, -0.05) is 28.1 Å². The van der Waals surface area contributed by atoms with Gasteiger partial charge in [0.25, 0.3) is 5.91 Å². The molecule has 5 heteroatoms. The summed E-state index contributed by atoms with van der Waals surface area (Å²) >= 11 is 3.51. The topological polar surface area (TPSA) is 47.6 Å². The van der Waals surface area contributed by atoms with Crippen molar-refractivity contribution in [2.45, 2.75) is 20.8 Å². The van der Waals surface area contributed by atoms with Gasteiger partial charge in [0.1, 0.15) is 11.5 Å². The number of benzene rings is 2. The van der Waals surface area contributed by atoms with E-state index in [0.717, 1.165) is 15.6 Å². The molecule has 0 heterocycles. The van der Waals surface area contributed by atoms with E-state index in [-0.39, 0.29) is 12.5 Å². The molecule has 2 rings (SSSR count). The molecule has 1 N–H and O–H groups in total. The molecule has 0 unspecified atom stereocenters. The SMILES string of the molecule is CCOc1ccccc1NC(=O)COc1cc(C)c(Br)c(C)c1. The van der Waals surface area contributed by atoms with Crippen molar-refractivity contribution >= 4 is 27.5 Å². The van der Waals surface area contributed by atoms with Crippen molar-refractivity contribution in [2.75, 3.05) is 18.5 Å². The summed E-state index contributed by atoms with van der Waals surface area (Å²) in [5, 5.41) is 2.81. The Kier molecular flexibility index (Phi) is 6.04. The standard InChI is InChI=1S/C18H20BrNO3/c1-4-22-16-8-6-5-7-15(16)20-17(21)11-23-14-9-12(2)18(19)13(3)10-14/h5-10H,4,11H2,1-3H3,(H,20,21). The smallest absolute Gasteiger partial charge is 0.262 e. The Balaban J connectivity index is 1.98. The van der Waals surface area contributed by atoms with Gasteiger partial charge in [-0.25, -0.2) is 0 Å². The highest BCUT2D eigenvalue weighted by Crippen LogP contribution is 2.26. The highest BCUT2D eigenvalue weighted by Gasteiger charge is 2.09. The van der Waals surface area contributed by atoms with Gasteiger partial charge < -0.3 is 14.8 Å². The number of hydrogen-bond acceptors (Lipinski definition) is 3. The predicted octanol–water partition coefficient (Wildman–Crippen LogP) is 4.48. The largest absolute Gasteiger partial charge is 0.492 e. The van der Waals surface area contributed by atoms with Crippen molar-refractivity contribution < 1.29 is 14.3 Å². The number of para-hydroxylation sites is 2. The van der Waals surface area contributed by atoms with Crippen molar-refractivity contribution in [2.24, 2.45) is 0 Å². The second kappa shape index (κ2) is 8.02. The number of halogens is 1. The minimum absolute atomic E-state index is 0.0546. The van der Waals surface area contributed by atoms with Crippen LogP contribution in [0.1, 0.15) is 18.1 Å². The average Bonchev–Trinajstić information content (AvgIpc) is 2.52. The van der Waals surface area contributed by atoms with Gasteiger partial charge in [0.2, 0.25) is 0 Å². The molecule has 23 heavy (non-hydrogen) atoms. The molecule has 0 spiro atoms. The molecule has 0 bridgehead atoms. The summed E-state index contributed by atoms with van der Waals surface area (Å²) in [7, 11) is 0. The molecule has 0 aliphatic carbocycles. The van der Waals surface area contributed by atoms with E-state index in [9.17, 15) is 4.79 Å². The van der Waals surface area contributed by atoms with E-state index < -0.39 is 0 Å². The van der Waals surface area contributed by atoms with Crippen LogP contribution in [0.5, 0.6) is 11.5 Å². The Labute approximate surface area is 144 Å². The molecule has 122 valence electrons. The number of carbonyl (C=O) groups is 1. The van der Waals surface area contributed by atoms with Crippen LogP contribution in [-0.4, -0.2) is 19.1 Å². The molecule has 0 saturated carbocycles. The van der Waals surface area contributed by atoms with Crippen LogP contribution in [-0.2, 0) is 4.79 Å². The van der Waals surface area contributed by atoms with Gasteiger partial charge in [-0.15, -0.1) is 0 Å². The number of ether oxygens (including phenoxy) is 2. The molecule has 2 aromatic rings. The lowest BCUT2D eigenvalue weighted by Gasteiger charge is -2.12. The van der Waals surface area contributed by atoms with Crippen molar-refractivity contribution in [1.29, 1.82) is 0 Å². The van der Waals surface area contributed by atoms with E-state index in [2.05, 4.69) is 21.2 Å². The summed E-state index contributed by atoms with van der Waals surface area (Å²) in [4.78, 5) is 12.1. The molecule has 0 saturated heterocycles. The fourth-order valence-electron chi connectivity index (χ4n) is 2.18. The molecular weight excluding hydrogens is 358 g/mol. The highest BCUT2D eigenvalue weighted by atomic mass is 79.9. The summed E-state index contributed by atoms with van der Waals surface area (Å²) < 4.78 is 12.1. The van der Waals surface area contributed by atoms with E-state index in [4.69, 9.17) is 9.47 Å². The minimum Gasteiger partial charge on any atom is -0.492 e. The fourth-order valence-corrected chi connectivity index (χ4v) is 2.40. The van der Waals surface area contributed by atoms with Gasteiger partial charge in [0.05, 0.1) is 12.3 Å². The number of amides is 1. The first-order valence-corrected chi connectivity index (χ1v) is 8.21. The zero-order chi connectivity index (χ0) is 16.8. The Morgan fingerprint density at radius 1 is 1.13 bits per heavy atom. The molecule has 0 aliphatic rings. The minimum atomic E-state index is -0.227. The summed E-state index contributed by atoms with van der Waals surface area (Å²) in [6.45, 7) is 6.37. The van der Waals surface area contributed by atoms with E-state index in [1.807, 2.05) is 51.1 Å². The monoisotopic (exact) mass is 377 g/mol. The van der Waals surface area contributed by atoms with Crippen molar-refractivity contribution in [3.63, 3.8) is 0 Å². The normalized spacial score (nSPS) is 10.3. The average molecular weight is 378 g/mol. The van der Waals surface area contributed by atoms with Crippen LogP contribution in [0, 0.1) is 13.8 Å². The summed E-state index contributed by atoms with van der Waals surface area (Å²) in [6.07, 6.45) is 0. The second-order valence-electron chi connectivity index (χ2n) is 5.14. The fraction of sp³-hybridized carbons (Fsp3) is 0.278. The van der Waals surface area contributed by atoms with Gasteiger partial charge in [-0.05, 0) is 56.2 Å². The zero-order valence-corrected chi connectivity index (χ0v) is 15.1. The first-order valence-electron chi connectivity index (χ1n) is 7.42. The van der Waals surface area contributed by atoms with Crippen LogP contribution in [0.25, 0.3) is 0 Å². The summed E-state index contributed by atoms with van der Waals surface area (Å²) in [6, 6.07) is 11.1. The number of aryl methyl sites for hydroxylation is 2. The number of rotatable bonds is 6.